The van der Waals surface area contributed by atoms with Crippen LogP contribution in [-0.4, -0.2) is 27.6 Å². The third-order valence-electron chi connectivity index (χ3n) is 3.38. The fourth-order valence-corrected chi connectivity index (χ4v) is 2.67. The molecule has 1 N–H and O–H groups in total. The lowest BCUT2D eigenvalue weighted by molar-refractivity contribution is -0.119. The molecule has 1 aliphatic carbocycles. The van der Waals surface area contributed by atoms with Crippen molar-refractivity contribution >= 4 is 29.9 Å². The first kappa shape index (κ1) is 15.3. The average Bonchev–Trinajstić information content (AvgIpc) is 2.89. The number of hydrogen-bond donors (Lipinski definition) is 1. The Morgan fingerprint density at radius 3 is 3.00 bits per heavy atom. The van der Waals surface area contributed by atoms with E-state index in [1.807, 2.05) is 24.1 Å². The highest BCUT2D eigenvalue weighted by atomic mass is 35.5. The molecule has 0 bridgehead atoms. The summed E-state index contributed by atoms with van der Waals surface area (Å²) in [4.78, 5) is 11.3. The van der Waals surface area contributed by atoms with E-state index in [2.05, 4.69) is 10.4 Å². The minimum Gasteiger partial charge on any atom is -0.352 e. The van der Waals surface area contributed by atoms with Gasteiger partial charge in [0, 0.05) is 19.3 Å². The number of alkyl halides is 1. The zero-order chi connectivity index (χ0) is 12.3. The molecule has 1 aromatic rings. The van der Waals surface area contributed by atoms with E-state index in [9.17, 15) is 4.79 Å². The highest BCUT2D eigenvalue weighted by Crippen LogP contribution is 2.28. The minimum absolute atomic E-state index is 0. The van der Waals surface area contributed by atoms with E-state index in [1.54, 1.807) is 0 Å². The van der Waals surface area contributed by atoms with Crippen LogP contribution in [0.3, 0.4) is 0 Å². The third kappa shape index (κ3) is 3.89. The number of nitrogens with one attached hydrogen (secondary N) is 1. The molecular weight excluding hydrogens is 273 g/mol. The summed E-state index contributed by atoms with van der Waals surface area (Å²) in [6.45, 7) is 0. The zero-order valence-corrected chi connectivity index (χ0v) is 12.0. The Kier molecular flexibility index (Phi) is 5.96. The molecule has 2 atom stereocenters. The second-order valence-corrected chi connectivity index (χ2v) is 4.99. The number of carbonyl (C=O) groups is 1. The number of halogens is 2. The Bertz CT molecular complexity index is 394. The van der Waals surface area contributed by atoms with E-state index >= 15 is 0 Å². The van der Waals surface area contributed by atoms with Crippen LogP contribution in [0.1, 0.15) is 24.8 Å². The number of aromatic nitrogens is 2. The van der Waals surface area contributed by atoms with Gasteiger partial charge in [0.05, 0.1) is 6.20 Å². The van der Waals surface area contributed by atoms with Crippen LogP contribution in [0.4, 0.5) is 0 Å². The number of amides is 1. The van der Waals surface area contributed by atoms with Crippen LogP contribution in [0.15, 0.2) is 12.4 Å². The molecule has 1 amide bonds. The monoisotopic (exact) mass is 291 g/mol. The predicted octanol–water partition coefficient (Wildman–Crippen LogP) is 1.91. The molecule has 2 rings (SSSR count). The van der Waals surface area contributed by atoms with Crippen LogP contribution in [0, 0.1) is 5.92 Å². The van der Waals surface area contributed by atoms with E-state index < -0.39 is 0 Å². The standard InChI is InChI=1S/C12H18ClN3O.ClH/c1-16-8-9(7-14-16)5-10-3-2-4-11(10)15-12(17)6-13;/h7-8,10-11H,2-6H2,1H3,(H,15,17);1H. The number of aryl methyl sites for hydroxylation is 1. The Morgan fingerprint density at radius 2 is 2.39 bits per heavy atom. The van der Waals surface area contributed by atoms with Crippen molar-refractivity contribution in [2.24, 2.45) is 13.0 Å². The lowest BCUT2D eigenvalue weighted by Crippen LogP contribution is -2.38. The van der Waals surface area contributed by atoms with Crippen molar-refractivity contribution < 1.29 is 4.79 Å². The summed E-state index contributed by atoms with van der Waals surface area (Å²) in [6.07, 6.45) is 8.34. The van der Waals surface area contributed by atoms with Gasteiger partial charge in [0.2, 0.25) is 5.91 Å². The predicted molar refractivity (Wildman–Crippen MR) is 74.2 cm³/mol. The summed E-state index contributed by atoms with van der Waals surface area (Å²) in [5.41, 5.74) is 1.24. The highest BCUT2D eigenvalue weighted by molar-refractivity contribution is 6.27. The Balaban J connectivity index is 0.00000162. The Labute approximate surface area is 118 Å². The maximum Gasteiger partial charge on any atom is 0.235 e. The van der Waals surface area contributed by atoms with Crippen molar-refractivity contribution in [1.29, 1.82) is 0 Å². The van der Waals surface area contributed by atoms with Gasteiger partial charge >= 0.3 is 0 Å². The molecule has 0 radical (unpaired) electrons. The smallest absolute Gasteiger partial charge is 0.235 e. The van der Waals surface area contributed by atoms with Gasteiger partial charge in [-0.25, -0.2) is 0 Å². The molecule has 6 heteroatoms. The van der Waals surface area contributed by atoms with Gasteiger partial charge in [0.15, 0.2) is 0 Å². The number of rotatable bonds is 4. The second-order valence-electron chi connectivity index (χ2n) is 4.72. The SMILES string of the molecule is Cl.Cn1cc(CC2CCCC2NC(=O)CCl)cn1. The summed E-state index contributed by atoms with van der Waals surface area (Å²) in [5.74, 6) is 0.511. The summed E-state index contributed by atoms with van der Waals surface area (Å²) >= 11 is 5.52. The van der Waals surface area contributed by atoms with E-state index in [0.717, 1.165) is 12.8 Å². The maximum absolute atomic E-state index is 11.3. The molecule has 2 unspecified atom stereocenters. The fourth-order valence-electron chi connectivity index (χ4n) is 2.60. The van der Waals surface area contributed by atoms with Crippen LogP contribution < -0.4 is 5.32 Å². The van der Waals surface area contributed by atoms with Crippen LogP contribution in [0.5, 0.6) is 0 Å². The topological polar surface area (TPSA) is 46.9 Å². The Hall–Kier alpha value is -0.740. The van der Waals surface area contributed by atoms with Crippen molar-refractivity contribution in [1.82, 2.24) is 15.1 Å². The fraction of sp³-hybridized carbons (Fsp3) is 0.667. The van der Waals surface area contributed by atoms with Gasteiger partial charge < -0.3 is 5.32 Å². The molecule has 0 saturated heterocycles. The molecule has 0 spiro atoms. The van der Waals surface area contributed by atoms with Crippen molar-refractivity contribution in [3.8, 4) is 0 Å². The van der Waals surface area contributed by atoms with Crippen molar-refractivity contribution in [3.05, 3.63) is 18.0 Å². The molecule has 18 heavy (non-hydrogen) atoms. The van der Waals surface area contributed by atoms with Crippen LogP contribution in [0.2, 0.25) is 0 Å². The number of nitrogens with zero attached hydrogens (tertiary/aromatic N) is 2. The molecule has 1 aromatic heterocycles. The summed E-state index contributed by atoms with van der Waals surface area (Å²) in [7, 11) is 1.92. The lowest BCUT2D eigenvalue weighted by Gasteiger charge is -2.19. The van der Waals surface area contributed by atoms with E-state index in [0.29, 0.717) is 5.92 Å². The van der Waals surface area contributed by atoms with Crippen molar-refractivity contribution in [2.45, 2.75) is 31.7 Å². The van der Waals surface area contributed by atoms with Crippen LogP contribution in [-0.2, 0) is 18.3 Å². The number of carbonyl (C=O) groups excluding carboxylic acids is 1. The van der Waals surface area contributed by atoms with Crippen LogP contribution >= 0.6 is 24.0 Å². The molecule has 1 aliphatic rings. The summed E-state index contributed by atoms with van der Waals surface area (Å²) in [5, 5.41) is 7.18. The van der Waals surface area contributed by atoms with Gasteiger partial charge in [-0.2, -0.15) is 5.10 Å². The Morgan fingerprint density at radius 1 is 1.61 bits per heavy atom. The van der Waals surface area contributed by atoms with Gasteiger partial charge in [0.25, 0.3) is 0 Å². The molecule has 102 valence electrons. The molecule has 0 aliphatic heterocycles. The quantitative estimate of drug-likeness (QED) is 0.862. The molecule has 1 fully saturated rings. The summed E-state index contributed by atoms with van der Waals surface area (Å²) in [6, 6.07) is 0.279. The second kappa shape index (κ2) is 7.00. The van der Waals surface area contributed by atoms with Gasteiger partial charge in [-0.05, 0) is 30.7 Å². The molecule has 0 aromatic carbocycles. The third-order valence-corrected chi connectivity index (χ3v) is 3.63. The summed E-state index contributed by atoms with van der Waals surface area (Å²) < 4.78 is 1.82. The van der Waals surface area contributed by atoms with Gasteiger partial charge in [-0.15, -0.1) is 24.0 Å². The van der Waals surface area contributed by atoms with Crippen LogP contribution in [0.25, 0.3) is 0 Å². The molecule has 4 nitrogen and oxygen atoms in total. The first-order valence-corrected chi connectivity index (χ1v) is 6.55. The normalized spacial score (nSPS) is 22.6. The molecule has 1 saturated carbocycles. The first-order chi connectivity index (χ1) is 8.19. The van der Waals surface area contributed by atoms with E-state index in [-0.39, 0.29) is 30.2 Å². The minimum atomic E-state index is -0.0604. The maximum atomic E-state index is 11.3. The zero-order valence-electron chi connectivity index (χ0n) is 10.4. The molecular formula is C12H19Cl2N3O. The van der Waals surface area contributed by atoms with Gasteiger partial charge in [-0.1, -0.05) is 6.42 Å². The molecule has 1 heterocycles. The average molecular weight is 292 g/mol. The largest absolute Gasteiger partial charge is 0.352 e. The van der Waals surface area contributed by atoms with Gasteiger partial charge in [0.1, 0.15) is 5.88 Å². The highest BCUT2D eigenvalue weighted by Gasteiger charge is 2.28. The van der Waals surface area contributed by atoms with Gasteiger partial charge in [-0.3, -0.25) is 9.48 Å². The number of hydrogen-bond acceptors (Lipinski definition) is 2. The van der Waals surface area contributed by atoms with Crippen molar-refractivity contribution in [3.63, 3.8) is 0 Å². The van der Waals surface area contributed by atoms with Crippen molar-refractivity contribution in [2.75, 3.05) is 5.88 Å². The first-order valence-electron chi connectivity index (χ1n) is 6.02. The van der Waals surface area contributed by atoms with E-state index in [1.165, 1.54) is 18.4 Å². The van der Waals surface area contributed by atoms with E-state index in [4.69, 9.17) is 11.6 Å². The lowest BCUT2D eigenvalue weighted by atomic mass is 9.96.